The number of amides is 3. The van der Waals surface area contributed by atoms with Crippen LogP contribution in [-0.2, 0) is 4.79 Å². The Bertz CT molecular complexity index is 303. The predicted octanol–water partition coefficient (Wildman–Crippen LogP) is 0.772. The van der Waals surface area contributed by atoms with Gasteiger partial charge >= 0.3 is 6.03 Å². The lowest BCUT2D eigenvalue weighted by Gasteiger charge is -2.22. The molecule has 0 spiro atoms. The van der Waals surface area contributed by atoms with Crippen molar-refractivity contribution in [2.75, 3.05) is 5.75 Å². The van der Waals surface area contributed by atoms with Gasteiger partial charge in [-0.3, -0.25) is 15.5 Å². The zero-order valence-electron chi connectivity index (χ0n) is 9.62. The highest BCUT2D eigenvalue weighted by molar-refractivity contribution is 8.14. The quantitative estimate of drug-likeness (QED) is 0.443. The molecule has 3 amide bonds. The molecule has 0 aliphatic heterocycles. The Morgan fingerprint density at radius 3 is 2.53 bits per heavy atom. The molecule has 1 saturated carbocycles. The molecule has 0 atom stereocenters. The maximum absolute atomic E-state index is 11.4. The van der Waals surface area contributed by atoms with Crippen LogP contribution in [0.5, 0.6) is 0 Å². The van der Waals surface area contributed by atoms with Gasteiger partial charge < -0.3 is 11.1 Å². The average Bonchev–Trinajstić information content (AvgIpc) is 2.27. The van der Waals surface area contributed by atoms with E-state index < -0.39 is 11.9 Å². The number of amidine groups is 1. The number of urea groups is 1. The second-order valence-electron chi connectivity index (χ2n) is 4.01. The van der Waals surface area contributed by atoms with Crippen molar-refractivity contribution in [1.82, 2.24) is 10.6 Å². The van der Waals surface area contributed by atoms with Crippen LogP contribution in [0.2, 0.25) is 0 Å². The van der Waals surface area contributed by atoms with Crippen LogP contribution in [0.25, 0.3) is 0 Å². The molecule has 1 fully saturated rings. The summed E-state index contributed by atoms with van der Waals surface area (Å²) in [4.78, 5) is 22.7. The van der Waals surface area contributed by atoms with Crippen molar-refractivity contribution >= 4 is 28.9 Å². The largest absolute Gasteiger partial charge is 0.379 e. The molecule has 0 saturated heterocycles. The van der Waals surface area contributed by atoms with E-state index in [1.54, 1.807) is 0 Å². The molecule has 7 heteroatoms. The number of hydrogen-bond acceptors (Lipinski definition) is 4. The van der Waals surface area contributed by atoms with E-state index in [4.69, 9.17) is 11.1 Å². The smallest absolute Gasteiger partial charge is 0.321 e. The second kappa shape index (κ2) is 7.16. The molecule has 96 valence electrons. The van der Waals surface area contributed by atoms with Crippen LogP contribution in [0.3, 0.4) is 0 Å². The van der Waals surface area contributed by atoms with Gasteiger partial charge in [-0.2, -0.15) is 0 Å². The monoisotopic (exact) mass is 258 g/mol. The molecule has 1 rings (SSSR count). The molecule has 17 heavy (non-hydrogen) atoms. The summed E-state index contributed by atoms with van der Waals surface area (Å²) in [6, 6.07) is -0.275. The minimum Gasteiger partial charge on any atom is -0.379 e. The third-order valence-electron chi connectivity index (χ3n) is 2.55. The highest BCUT2D eigenvalue weighted by Gasteiger charge is 2.16. The fourth-order valence-electron chi connectivity index (χ4n) is 1.77. The Hall–Kier alpha value is -1.24. The molecule has 0 aromatic carbocycles. The zero-order chi connectivity index (χ0) is 12.7. The predicted molar refractivity (Wildman–Crippen MR) is 67.9 cm³/mol. The molecule has 0 radical (unpaired) electrons. The lowest BCUT2D eigenvalue weighted by atomic mass is 9.96. The maximum atomic E-state index is 11.4. The van der Waals surface area contributed by atoms with Gasteiger partial charge in [-0.15, -0.1) is 0 Å². The SMILES string of the molecule is N=C(N)SCC(=O)NC(=O)NC1CCCCC1. The molecule has 0 aromatic rings. The molecule has 6 nitrogen and oxygen atoms in total. The summed E-state index contributed by atoms with van der Waals surface area (Å²) in [7, 11) is 0. The van der Waals surface area contributed by atoms with Crippen LogP contribution in [0, 0.1) is 5.41 Å². The molecule has 0 unspecified atom stereocenters. The highest BCUT2D eigenvalue weighted by atomic mass is 32.2. The molecular formula is C10H18N4O2S. The standard InChI is InChI=1S/C10H18N4O2S/c11-9(12)17-6-8(15)14-10(16)13-7-4-2-1-3-5-7/h7H,1-6H2,(H3,11,12)(H2,13,14,15,16). The summed E-state index contributed by atoms with van der Waals surface area (Å²) in [5.74, 6) is -0.438. The van der Waals surface area contributed by atoms with Crippen molar-refractivity contribution in [3.05, 3.63) is 0 Å². The number of rotatable bonds is 3. The lowest BCUT2D eigenvalue weighted by Crippen LogP contribution is -2.45. The first-order valence-corrected chi connectivity index (χ1v) is 6.63. The Morgan fingerprint density at radius 1 is 1.29 bits per heavy atom. The molecular weight excluding hydrogens is 240 g/mol. The van der Waals surface area contributed by atoms with Crippen molar-refractivity contribution in [2.45, 2.75) is 38.1 Å². The van der Waals surface area contributed by atoms with Crippen molar-refractivity contribution in [1.29, 1.82) is 5.41 Å². The van der Waals surface area contributed by atoms with E-state index in [-0.39, 0.29) is 17.0 Å². The number of carbonyl (C=O) groups excluding carboxylic acids is 2. The van der Waals surface area contributed by atoms with Crippen molar-refractivity contribution < 1.29 is 9.59 Å². The summed E-state index contributed by atoms with van der Waals surface area (Å²) in [6.45, 7) is 0. The van der Waals surface area contributed by atoms with E-state index in [0.717, 1.165) is 37.4 Å². The van der Waals surface area contributed by atoms with Crippen molar-refractivity contribution in [3.8, 4) is 0 Å². The lowest BCUT2D eigenvalue weighted by molar-refractivity contribution is -0.117. The Morgan fingerprint density at radius 2 is 1.94 bits per heavy atom. The van der Waals surface area contributed by atoms with Crippen LogP contribution in [0.4, 0.5) is 4.79 Å². The summed E-state index contributed by atoms with van der Waals surface area (Å²) < 4.78 is 0. The topological polar surface area (TPSA) is 108 Å². The minimum absolute atomic E-state index is 0.00653. The van der Waals surface area contributed by atoms with Crippen molar-refractivity contribution in [2.24, 2.45) is 5.73 Å². The number of imide groups is 1. The number of thioether (sulfide) groups is 1. The van der Waals surface area contributed by atoms with Crippen LogP contribution >= 0.6 is 11.8 Å². The van der Waals surface area contributed by atoms with Gasteiger partial charge in [-0.05, 0) is 12.8 Å². The van der Waals surface area contributed by atoms with Crippen LogP contribution in [-0.4, -0.2) is 28.9 Å². The first-order valence-electron chi connectivity index (χ1n) is 5.65. The summed E-state index contributed by atoms with van der Waals surface area (Å²) >= 11 is 0.896. The molecule has 0 aromatic heterocycles. The molecule has 5 N–H and O–H groups in total. The Kier molecular flexibility index (Phi) is 5.82. The van der Waals surface area contributed by atoms with Gasteiger partial charge in [-0.25, -0.2) is 4.79 Å². The van der Waals surface area contributed by atoms with Crippen LogP contribution < -0.4 is 16.4 Å². The van der Waals surface area contributed by atoms with Gasteiger partial charge in [0.25, 0.3) is 0 Å². The Labute approximate surface area is 105 Å². The molecule has 1 aliphatic rings. The van der Waals surface area contributed by atoms with E-state index in [9.17, 15) is 9.59 Å². The fourth-order valence-corrected chi connectivity index (χ4v) is 2.13. The molecule has 1 aliphatic carbocycles. The van der Waals surface area contributed by atoms with E-state index in [1.807, 2.05) is 0 Å². The summed E-state index contributed by atoms with van der Waals surface area (Å²) in [5, 5.41) is 11.8. The third-order valence-corrected chi connectivity index (χ3v) is 3.27. The van der Waals surface area contributed by atoms with Crippen LogP contribution in [0.15, 0.2) is 0 Å². The molecule has 0 heterocycles. The van der Waals surface area contributed by atoms with Gasteiger partial charge in [0.15, 0.2) is 5.17 Å². The number of hydrogen-bond donors (Lipinski definition) is 4. The average molecular weight is 258 g/mol. The first kappa shape index (κ1) is 13.8. The normalized spacial score (nSPS) is 16.2. The third kappa shape index (κ3) is 6.15. The van der Waals surface area contributed by atoms with Gasteiger partial charge in [0, 0.05) is 6.04 Å². The van der Waals surface area contributed by atoms with Gasteiger partial charge in [-0.1, -0.05) is 31.0 Å². The van der Waals surface area contributed by atoms with Crippen LogP contribution in [0.1, 0.15) is 32.1 Å². The van der Waals surface area contributed by atoms with Crippen molar-refractivity contribution in [3.63, 3.8) is 0 Å². The molecule has 0 bridgehead atoms. The zero-order valence-corrected chi connectivity index (χ0v) is 10.4. The second-order valence-corrected chi connectivity index (χ2v) is 5.03. The van der Waals surface area contributed by atoms with Gasteiger partial charge in [0.1, 0.15) is 0 Å². The van der Waals surface area contributed by atoms with E-state index >= 15 is 0 Å². The summed E-state index contributed by atoms with van der Waals surface area (Å²) in [5.41, 5.74) is 5.09. The summed E-state index contributed by atoms with van der Waals surface area (Å²) in [6.07, 6.45) is 5.42. The van der Waals surface area contributed by atoms with Gasteiger partial charge in [0.2, 0.25) is 5.91 Å². The first-order chi connectivity index (χ1) is 8.08. The van der Waals surface area contributed by atoms with Gasteiger partial charge in [0.05, 0.1) is 5.75 Å². The van der Waals surface area contributed by atoms with E-state index in [1.165, 1.54) is 6.42 Å². The highest BCUT2D eigenvalue weighted by Crippen LogP contribution is 2.17. The fraction of sp³-hybridized carbons (Fsp3) is 0.700. The Balaban J connectivity index is 2.19. The number of nitrogens with one attached hydrogen (secondary N) is 3. The maximum Gasteiger partial charge on any atom is 0.321 e. The number of nitrogens with two attached hydrogens (primary N) is 1. The number of carbonyl (C=O) groups is 2. The van der Waals surface area contributed by atoms with E-state index in [2.05, 4.69) is 10.6 Å². The van der Waals surface area contributed by atoms with E-state index in [0.29, 0.717) is 0 Å². The minimum atomic E-state index is -0.453.